The molecular formula is C10H9BrF3N. The molecule has 0 bridgehead atoms. The molecule has 1 aliphatic heterocycles. The van der Waals surface area contributed by atoms with Crippen LogP contribution in [0.15, 0.2) is 22.7 Å². The van der Waals surface area contributed by atoms with Crippen molar-refractivity contribution in [2.75, 3.05) is 13.1 Å². The van der Waals surface area contributed by atoms with Crippen LogP contribution in [-0.4, -0.2) is 13.1 Å². The van der Waals surface area contributed by atoms with Gasteiger partial charge in [0.1, 0.15) is 0 Å². The number of hydrogen-bond acceptors (Lipinski definition) is 1. The molecule has 1 aromatic carbocycles. The van der Waals surface area contributed by atoms with Crippen molar-refractivity contribution in [3.8, 4) is 0 Å². The second-order valence-electron chi connectivity index (χ2n) is 3.59. The largest absolute Gasteiger partial charge is 0.417 e. The van der Waals surface area contributed by atoms with E-state index in [2.05, 4.69) is 21.2 Å². The van der Waals surface area contributed by atoms with E-state index in [1.165, 1.54) is 12.1 Å². The van der Waals surface area contributed by atoms with Crippen LogP contribution in [0, 0.1) is 0 Å². The van der Waals surface area contributed by atoms with Crippen molar-refractivity contribution in [2.45, 2.75) is 12.1 Å². The molecule has 0 amide bonds. The van der Waals surface area contributed by atoms with Gasteiger partial charge in [0, 0.05) is 23.5 Å². The molecule has 0 atom stereocenters. The summed E-state index contributed by atoms with van der Waals surface area (Å²) >= 11 is 2.92. The molecule has 0 aliphatic carbocycles. The van der Waals surface area contributed by atoms with Gasteiger partial charge in [-0.25, -0.2) is 0 Å². The van der Waals surface area contributed by atoms with Gasteiger partial charge in [-0.2, -0.15) is 13.2 Å². The molecule has 1 aromatic rings. The van der Waals surface area contributed by atoms with Gasteiger partial charge in [-0.3, -0.25) is 0 Å². The zero-order chi connectivity index (χ0) is 11.1. The van der Waals surface area contributed by atoms with E-state index in [-0.39, 0.29) is 10.4 Å². The highest BCUT2D eigenvalue weighted by molar-refractivity contribution is 9.10. The molecule has 1 nitrogen and oxygen atoms in total. The molecule has 5 heteroatoms. The predicted molar refractivity (Wildman–Crippen MR) is 54.8 cm³/mol. The molecule has 1 saturated heterocycles. The van der Waals surface area contributed by atoms with Gasteiger partial charge in [0.25, 0.3) is 0 Å². The van der Waals surface area contributed by atoms with Crippen molar-refractivity contribution >= 4 is 15.9 Å². The first-order chi connectivity index (χ1) is 6.98. The summed E-state index contributed by atoms with van der Waals surface area (Å²) in [6.07, 6.45) is -4.29. The summed E-state index contributed by atoms with van der Waals surface area (Å²) in [4.78, 5) is 0. The highest BCUT2D eigenvalue weighted by atomic mass is 79.9. The second kappa shape index (κ2) is 3.79. The molecule has 0 radical (unpaired) electrons. The topological polar surface area (TPSA) is 12.0 Å². The highest BCUT2D eigenvalue weighted by Gasteiger charge is 2.34. The van der Waals surface area contributed by atoms with Gasteiger partial charge in [-0.15, -0.1) is 0 Å². The van der Waals surface area contributed by atoms with Crippen LogP contribution in [0.4, 0.5) is 13.2 Å². The second-order valence-corrected chi connectivity index (χ2v) is 4.45. The third-order valence-electron chi connectivity index (χ3n) is 2.55. The van der Waals surface area contributed by atoms with Crippen LogP contribution in [-0.2, 0) is 6.18 Å². The molecule has 1 heterocycles. The quantitative estimate of drug-likeness (QED) is 0.833. The molecule has 0 aromatic heterocycles. The van der Waals surface area contributed by atoms with Crippen LogP contribution in [0.2, 0.25) is 0 Å². The molecule has 0 spiro atoms. The fourth-order valence-corrected chi connectivity index (χ4v) is 2.01. The maximum absolute atomic E-state index is 12.6. The van der Waals surface area contributed by atoms with E-state index in [1.807, 2.05) is 0 Å². The van der Waals surface area contributed by atoms with Gasteiger partial charge in [-0.1, -0.05) is 22.0 Å². The Kier molecular flexibility index (Phi) is 2.77. The predicted octanol–water partition coefficient (Wildman–Crippen LogP) is 3.15. The lowest BCUT2D eigenvalue weighted by molar-refractivity contribution is -0.138. The van der Waals surface area contributed by atoms with Gasteiger partial charge >= 0.3 is 6.18 Å². The van der Waals surface area contributed by atoms with E-state index in [4.69, 9.17) is 0 Å². The van der Waals surface area contributed by atoms with E-state index < -0.39 is 11.7 Å². The Morgan fingerprint density at radius 3 is 2.40 bits per heavy atom. The van der Waals surface area contributed by atoms with Crippen molar-refractivity contribution in [2.24, 2.45) is 0 Å². The lowest BCUT2D eigenvalue weighted by Gasteiger charge is -2.28. The lowest BCUT2D eigenvalue weighted by Crippen LogP contribution is -2.39. The molecule has 0 unspecified atom stereocenters. The number of rotatable bonds is 1. The lowest BCUT2D eigenvalue weighted by atomic mass is 9.92. The van der Waals surface area contributed by atoms with Crippen LogP contribution < -0.4 is 5.32 Å². The Hall–Kier alpha value is -0.550. The maximum atomic E-state index is 12.6. The van der Waals surface area contributed by atoms with Crippen molar-refractivity contribution in [1.82, 2.24) is 5.32 Å². The number of benzene rings is 1. The Bertz CT molecular complexity index is 371. The van der Waals surface area contributed by atoms with E-state index >= 15 is 0 Å². The SMILES string of the molecule is FC(F)(F)c1cc(C2CNC2)ccc1Br. The Morgan fingerprint density at radius 1 is 1.27 bits per heavy atom. The minimum Gasteiger partial charge on any atom is -0.315 e. The van der Waals surface area contributed by atoms with Crippen molar-refractivity contribution in [3.63, 3.8) is 0 Å². The molecule has 0 saturated carbocycles. The zero-order valence-electron chi connectivity index (χ0n) is 7.74. The minimum absolute atomic E-state index is 0.103. The normalized spacial score (nSPS) is 17.6. The van der Waals surface area contributed by atoms with Crippen molar-refractivity contribution in [1.29, 1.82) is 0 Å². The summed E-state index contributed by atoms with van der Waals surface area (Å²) in [6, 6.07) is 4.44. The van der Waals surface area contributed by atoms with Gasteiger partial charge in [0.05, 0.1) is 5.56 Å². The average Bonchev–Trinajstić information content (AvgIpc) is 2.03. The van der Waals surface area contributed by atoms with Gasteiger partial charge < -0.3 is 5.32 Å². The summed E-state index contributed by atoms with van der Waals surface area (Å²) < 4.78 is 37.8. The average molecular weight is 280 g/mol. The molecule has 1 fully saturated rings. The highest BCUT2D eigenvalue weighted by Crippen LogP contribution is 2.36. The molecule has 82 valence electrons. The van der Waals surface area contributed by atoms with E-state index in [1.54, 1.807) is 6.07 Å². The fraction of sp³-hybridized carbons (Fsp3) is 0.400. The van der Waals surface area contributed by atoms with E-state index in [0.29, 0.717) is 0 Å². The van der Waals surface area contributed by atoms with Crippen LogP contribution in [0.25, 0.3) is 0 Å². The Labute approximate surface area is 93.8 Å². The van der Waals surface area contributed by atoms with Crippen LogP contribution in [0.3, 0.4) is 0 Å². The summed E-state index contributed by atoms with van der Waals surface area (Å²) in [5.74, 6) is 0.221. The molecule has 1 N–H and O–H groups in total. The Balaban J connectivity index is 2.36. The summed E-state index contributed by atoms with van der Waals surface area (Å²) in [5.41, 5.74) is 0.163. The smallest absolute Gasteiger partial charge is 0.315 e. The van der Waals surface area contributed by atoms with Crippen LogP contribution >= 0.6 is 15.9 Å². The first-order valence-electron chi connectivity index (χ1n) is 4.56. The number of nitrogens with one attached hydrogen (secondary N) is 1. The Morgan fingerprint density at radius 2 is 1.93 bits per heavy atom. The van der Waals surface area contributed by atoms with Crippen LogP contribution in [0.1, 0.15) is 17.0 Å². The number of alkyl halides is 3. The van der Waals surface area contributed by atoms with Gasteiger partial charge in [0.2, 0.25) is 0 Å². The molecule has 15 heavy (non-hydrogen) atoms. The third kappa shape index (κ3) is 2.18. The van der Waals surface area contributed by atoms with Crippen LogP contribution in [0.5, 0.6) is 0 Å². The van der Waals surface area contributed by atoms with E-state index in [0.717, 1.165) is 18.7 Å². The monoisotopic (exact) mass is 279 g/mol. The van der Waals surface area contributed by atoms with E-state index in [9.17, 15) is 13.2 Å². The zero-order valence-corrected chi connectivity index (χ0v) is 9.32. The summed E-state index contributed by atoms with van der Waals surface area (Å²) in [5, 5.41) is 3.04. The molecule has 2 rings (SSSR count). The van der Waals surface area contributed by atoms with Gasteiger partial charge in [-0.05, 0) is 17.7 Å². The minimum atomic E-state index is -4.29. The standard InChI is InChI=1S/C10H9BrF3N/c11-9-2-1-6(7-4-15-5-7)3-8(9)10(12,13)14/h1-3,7,15H,4-5H2. The summed E-state index contributed by atoms with van der Waals surface area (Å²) in [6.45, 7) is 1.53. The fourth-order valence-electron chi connectivity index (χ4n) is 1.54. The van der Waals surface area contributed by atoms with Crippen molar-refractivity contribution < 1.29 is 13.2 Å². The number of hydrogen-bond donors (Lipinski definition) is 1. The first kappa shape index (κ1) is 11.0. The third-order valence-corrected chi connectivity index (χ3v) is 3.24. The molecule has 1 aliphatic rings. The van der Waals surface area contributed by atoms with Crippen molar-refractivity contribution in [3.05, 3.63) is 33.8 Å². The van der Waals surface area contributed by atoms with Gasteiger partial charge in [0.15, 0.2) is 0 Å². The first-order valence-corrected chi connectivity index (χ1v) is 5.35. The molecular weight excluding hydrogens is 271 g/mol. The number of halogens is 4. The summed E-state index contributed by atoms with van der Waals surface area (Å²) in [7, 11) is 0. The maximum Gasteiger partial charge on any atom is 0.417 e.